The third-order valence-electron chi connectivity index (χ3n) is 3.90. The molecule has 21 heavy (non-hydrogen) atoms. The molecule has 1 N–H and O–H groups in total. The van der Waals surface area contributed by atoms with Crippen molar-refractivity contribution in [3.8, 4) is 0 Å². The third-order valence-corrected chi connectivity index (χ3v) is 3.90. The molecule has 5 heteroatoms. The van der Waals surface area contributed by atoms with Crippen LogP contribution in [0.15, 0.2) is 18.3 Å². The highest BCUT2D eigenvalue weighted by Gasteiger charge is 2.23. The van der Waals surface area contributed by atoms with Crippen molar-refractivity contribution in [2.75, 3.05) is 38.0 Å². The summed E-state index contributed by atoms with van der Waals surface area (Å²) in [6.45, 7) is 10.9. The van der Waals surface area contributed by atoms with Gasteiger partial charge in [0.1, 0.15) is 5.82 Å². The van der Waals surface area contributed by atoms with Gasteiger partial charge in [0.15, 0.2) is 0 Å². The van der Waals surface area contributed by atoms with Crippen molar-refractivity contribution in [1.29, 1.82) is 0 Å². The Kier molecular flexibility index (Phi) is 5.56. The van der Waals surface area contributed by atoms with Crippen molar-refractivity contribution in [3.63, 3.8) is 0 Å². The molecule has 0 saturated carbocycles. The molecular weight excluding hydrogens is 264 g/mol. The highest BCUT2D eigenvalue weighted by atomic mass is 16.2. The summed E-state index contributed by atoms with van der Waals surface area (Å²) in [4.78, 5) is 21.1. The molecule has 0 bridgehead atoms. The van der Waals surface area contributed by atoms with Crippen LogP contribution in [0.4, 0.5) is 5.82 Å². The van der Waals surface area contributed by atoms with Gasteiger partial charge in [0.05, 0.1) is 5.56 Å². The molecule has 1 aromatic rings. The van der Waals surface area contributed by atoms with Crippen molar-refractivity contribution in [2.45, 2.75) is 33.2 Å². The molecule has 1 aliphatic rings. The Hall–Kier alpha value is -1.62. The number of anilines is 1. The highest BCUT2D eigenvalue weighted by molar-refractivity contribution is 5.94. The first-order valence-electron chi connectivity index (χ1n) is 7.85. The number of piperazine rings is 1. The van der Waals surface area contributed by atoms with E-state index in [2.05, 4.69) is 36.0 Å². The van der Waals surface area contributed by atoms with Crippen LogP contribution >= 0.6 is 0 Å². The van der Waals surface area contributed by atoms with E-state index in [-0.39, 0.29) is 5.91 Å². The summed E-state index contributed by atoms with van der Waals surface area (Å²) < 4.78 is 0. The number of nitrogens with zero attached hydrogens (tertiary/aromatic N) is 3. The zero-order chi connectivity index (χ0) is 15.2. The monoisotopic (exact) mass is 290 g/mol. The summed E-state index contributed by atoms with van der Waals surface area (Å²) in [5, 5.41) is 3.22. The number of hydrogen-bond acceptors (Lipinski definition) is 4. The Balaban J connectivity index is 1.91. The molecule has 0 unspecified atom stereocenters. The first-order chi connectivity index (χ1) is 10.1. The van der Waals surface area contributed by atoms with E-state index in [0.717, 1.165) is 45.0 Å². The summed E-state index contributed by atoms with van der Waals surface area (Å²) >= 11 is 0. The molecule has 1 fully saturated rings. The van der Waals surface area contributed by atoms with Gasteiger partial charge in [-0.05, 0) is 32.4 Å². The van der Waals surface area contributed by atoms with Gasteiger partial charge < -0.3 is 10.2 Å². The lowest BCUT2D eigenvalue weighted by atomic mass is 10.2. The summed E-state index contributed by atoms with van der Waals surface area (Å²) in [6, 6.07) is 4.29. The van der Waals surface area contributed by atoms with Gasteiger partial charge >= 0.3 is 0 Å². The first-order valence-corrected chi connectivity index (χ1v) is 7.85. The van der Waals surface area contributed by atoms with Crippen LogP contribution < -0.4 is 5.32 Å². The zero-order valence-electron chi connectivity index (χ0n) is 13.3. The number of hydrogen-bond donors (Lipinski definition) is 1. The van der Waals surface area contributed by atoms with Crippen LogP contribution in [0, 0.1) is 0 Å². The Morgan fingerprint density at radius 3 is 2.52 bits per heavy atom. The SMILES string of the molecule is CCCNc1ccc(C(=O)N2CCN(C(C)C)CC2)cn1. The van der Waals surface area contributed by atoms with Gasteiger partial charge in [0.2, 0.25) is 0 Å². The molecule has 5 nitrogen and oxygen atoms in total. The summed E-state index contributed by atoms with van der Waals surface area (Å²) in [7, 11) is 0. The number of pyridine rings is 1. The molecule has 1 saturated heterocycles. The lowest BCUT2D eigenvalue weighted by molar-refractivity contribution is 0.0595. The maximum Gasteiger partial charge on any atom is 0.255 e. The molecule has 0 spiro atoms. The minimum absolute atomic E-state index is 0.0907. The van der Waals surface area contributed by atoms with Crippen LogP contribution in [0.25, 0.3) is 0 Å². The third kappa shape index (κ3) is 4.17. The van der Waals surface area contributed by atoms with Crippen molar-refractivity contribution >= 4 is 11.7 Å². The van der Waals surface area contributed by atoms with Crippen LogP contribution in [-0.2, 0) is 0 Å². The smallest absolute Gasteiger partial charge is 0.255 e. The molecule has 2 rings (SSSR count). The maximum absolute atomic E-state index is 12.4. The molecule has 0 radical (unpaired) electrons. The van der Waals surface area contributed by atoms with E-state index in [1.807, 2.05) is 17.0 Å². The van der Waals surface area contributed by atoms with Crippen LogP contribution in [-0.4, -0.2) is 59.5 Å². The second-order valence-corrected chi connectivity index (χ2v) is 5.78. The average molecular weight is 290 g/mol. The van der Waals surface area contributed by atoms with Gasteiger partial charge in [0, 0.05) is 45.0 Å². The summed E-state index contributed by atoms with van der Waals surface area (Å²) in [5.74, 6) is 0.922. The molecular formula is C16H26N4O. The molecule has 2 heterocycles. The van der Waals surface area contributed by atoms with Crippen molar-refractivity contribution in [3.05, 3.63) is 23.9 Å². The quantitative estimate of drug-likeness (QED) is 0.902. The Morgan fingerprint density at radius 1 is 1.29 bits per heavy atom. The van der Waals surface area contributed by atoms with Gasteiger partial charge in [0.25, 0.3) is 5.91 Å². The predicted octanol–water partition coefficient (Wildman–Crippen LogP) is 2.07. The van der Waals surface area contributed by atoms with E-state index in [1.54, 1.807) is 6.20 Å². The second kappa shape index (κ2) is 7.41. The number of carbonyl (C=O) groups excluding carboxylic acids is 1. The first kappa shape index (κ1) is 15.8. The standard InChI is InChI=1S/C16H26N4O/c1-4-7-17-15-6-5-14(12-18-15)16(21)20-10-8-19(9-11-20)13(2)3/h5-6,12-13H,4,7-11H2,1-3H3,(H,17,18). The van der Waals surface area contributed by atoms with Crippen molar-refractivity contribution in [2.24, 2.45) is 0 Å². The van der Waals surface area contributed by atoms with Gasteiger partial charge in [-0.2, -0.15) is 0 Å². The highest BCUT2D eigenvalue weighted by Crippen LogP contribution is 2.12. The van der Waals surface area contributed by atoms with Gasteiger partial charge in [-0.15, -0.1) is 0 Å². The van der Waals surface area contributed by atoms with Crippen molar-refractivity contribution < 1.29 is 4.79 Å². The zero-order valence-corrected chi connectivity index (χ0v) is 13.3. The van der Waals surface area contributed by atoms with Crippen LogP contribution in [0.2, 0.25) is 0 Å². The lowest BCUT2D eigenvalue weighted by Gasteiger charge is -2.36. The number of carbonyl (C=O) groups is 1. The van der Waals surface area contributed by atoms with E-state index < -0.39 is 0 Å². The topological polar surface area (TPSA) is 48.5 Å². The molecule has 0 aliphatic carbocycles. The minimum atomic E-state index is 0.0907. The Morgan fingerprint density at radius 2 is 2.00 bits per heavy atom. The average Bonchev–Trinajstić information content (AvgIpc) is 2.53. The van der Waals surface area contributed by atoms with Crippen LogP contribution in [0.1, 0.15) is 37.6 Å². The number of rotatable bonds is 5. The normalized spacial score (nSPS) is 16.3. The van der Waals surface area contributed by atoms with E-state index >= 15 is 0 Å². The Labute approximate surface area is 127 Å². The molecule has 0 aromatic carbocycles. The number of aromatic nitrogens is 1. The predicted molar refractivity (Wildman–Crippen MR) is 85.6 cm³/mol. The van der Waals surface area contributed by atoms with E-state index in [1.165, 1.54) is 0 Å². The minimum Gasteiger partial charge on any atom is -0.370 e. The van der Waals surface area contributed by atoms with E-state index in [4.69, 9.17) is 0 Å². The fraction of sp³-hybridized carbons (Fsp3) is 0.625. The van der Waals surface area contributed by atoms with Gasteiger partial charge in [-0.3, -0.25) is 9.69 Å². The number of nitrogens with one attached hydrogen (secondary N) is 1. The molecule has 1 aliphatic heterocycles. The van der Waals surface area contributed by atoms with E-state index in [0.29, 0.717) is 11.6 Å². The largest absolute Gasteiger partial charge is 0.370 e. The van der Waals surface area contributed by atoms with Gasteiger partial charge in [-0.25, -0.2) is 4.98 Å². The Bertz CT molecular complexity index is 450. The molecule has 0 atom stereocenters. The summed E-state index contributed by atoms with van der Waals surface area (Å²) in [5.41, 5.74) is 0.676. The lowest BCUT2D eigenvalue weighted by Crippen LogP contribution is -2.50. The van der Waals surface area contributed by atoms with Gasteiger partial charge in [-0.1, -0.05) is 6.92 Å². The maximum atomic E-state index is 12.4. The van der Waals surface area contributed by atoms with Crippen LogP contribution in [0.3, 0.4) is 0 Å². The molecule has 116 valence electrons. The molecule has 1 amide bonds. The van der Waals surface area contributed by atoms with Crippen molar-refractivity contribution in [1.82, 2.24) is 14.8 Å². The van der Waals surface area contributed by atoms with Crippen LogP contribution in [0.5, 0.6) is 0 Å². The fourth-order valence-corrected chi connectivity index (χ4v) is 2.50. The number of amides is 1. The second-order valence-electron chi connectivity index (χ2n) is 5.78. The van der Waals surface area contributed by atoms with E-state index in [9.17, 15) is 4.79 Å². The fourth-order valence-electron chi connectivity index (χ4n) is 2.50. The molecule has 1 aromatic heterocycles. The summed E-state index contributed by atoms with van der Waals surface area (Å²) in [6.07, 6.45) is 2.73.